The molecular formula is C16H13NS. The highest BCUT2D eigenvalue weighted by atomic mass is 32.2. The molecule has 0 bridgehead atoms. The second-order valence-corrected chi connectivity index (χ2v) is 4.93. The van der Waals surface area contributed by atoms with Gasteiger partial charge < -0.3 is 0 Å². The summed E-state index contributed by atoms with van der Waals surface area (Å²) in [4.78, 5) is 5.77. The second kappa shape index (κ2) is 4.83. The predicted octanol–water partition coefficient (Wildman–Crippen LogP) is 4.58. The van der Waals surface area contributed by atoms with Crippen LogP contribution in [-0.4, -0.2) is 11.2 Å². The number of hydrogen-bond acceptors (Lipinski definition) is 2. The largest absolute Gasteiger partial charge is 0.256 e. The van der Waals surface area contributed by atoms with Crippen molar-refractivity contribution in [1.29, 1.82) is 0 Å². The van der Waals surface area contributed by atoms with Gasteiger partial charge in [0.15, 0.2) is 0 Å². The fraction of sp³-hybridized carbons (Fsp3) is 0.0625. The molecule has 1 aromatic heterocycles. The highest BCUT2D eigenvalue weighted by Gasteiger charge is 2.16. The number of rotatable bonds is 2. The zero-order valence-corrected chi connectivity index (χ0v) is 10.9. The summed E-state index contributed by atoms with van der Waals surface area (Å²) < 4.78 is 0. The molecule has 18 heavy (non-hydrogen) atoms. The molecule has 0 amide bonds. The van der Waals surface area contributed by atoms with Crippen molar-refractivity contribution >= 4 is 11.8 Å². The van der Waals surface area contributed by atoms with Crippen LogP contribution in [0.2, 0.25) is 0 Å². The Morgan fingerprint density at radius 3 is 2.56 bits per heavy atom. The molecule has 1 nitrogen and oxygen atoms in total. The predicted molar refractivity (Wildman–Crippen MR) is 78.1 cm³/mol. The van der Waals surface area contributed by atoms with E-state index in [1.165, 1.54) is 21.6 Å². The molecule has 1 heterocycles. The Morgan fingerprint density at radius 2 is 1.78 bits per heavy atom. The highest BCUT2D eigenvalue weighted by molar-refractivity contribution is 7.98. The van der Waals surface area contributed by atoms with Gasteiger partial charge >= 0.3 is 0 Å². The number of hydrogen-bond donors (Lipinski definition) is 0. The number of fused-ring (bicyclic) bond motifs is 1. The van der Waals surface area contributed by atoms with E-state index in [9.17, 15) is 0 Å². The zero-order valence-electron chi connectivity index (χ0n) is 10.1. The number of thioether (sulfide) groups is 1. The monoisotopic (exact) mass is 251 g/mol. The Labute approximate surface area is 111 Å². The first-order valence-corrected chi connectivity index (χ1v) is 7.10. The van der Waals surface area contributed by atoms with E-state index in [-0.39, 0.29) is 0 Å². The van der Waals surface area contributed by atoms with Gasteiger partial charge in [-0.2, -0.15) is 0 Å². The Hall–Kier alpha value is -1.80. The van der Waals surface area contributed by atoms with Crippen molar-refractivity contribution in [2.45, 2.75) is 4.90 Å². The van der Waals surface area contributed by atoms with E-state index in [2.05, 4.69) is 53.7 Å². The van der Waals surface area contributed by atoms with E-state index < -0.39 is 0 Å². The minimum absolute atomic E-state index is 1.04. The molecule has 0 N–H and O–H groups in total. The van der Waals surface area contributed by atoms with Gasteiger partial charge in [0, 0.05) is 16.7 Å². The van der Waals surface area contributed by atoms with Gasteiger partial charge in [-0.3, -0.25) is 4.98 Å². The van der Waals surface area contributed by atoms with Crippen LogP contribution in [0.15, 0.2) is 65.7 Å². The van der Waals surface area contributed by atoms with Crippen molar-refractivity contribution in [3.63, 3.8) is 0 Å². The summed E-state index contributed by atoms with van der Waals surface area (Å²) in [6.07, 6.45) is 3.96. The average molecular weight is 251 g/mol. The molecule has 0 unspecified atom stereocenters. The van der Waals surface area contributed by atoms with Crippen LogP contribution in [0.5, 0.6) is 0 Å². The molecule has 0 fully saturated rings. The Balaban J connectivity index is 2.30. The van der Waals surface area contributed by atoms with E-state index in [0.717, 1.165) is 5.69 Å². The van der Waals surface area contributed by atoms with Crippen LogP contribution in [0.4, 0.5) is 0 Å². The minimum atomic E-state index is 1.04. The van der Waals surface area contributed by atoms with Gasteiger partial charge in [-0.1, -0.05) is 36.4 Å². The first-order chi connectivity index (χ1) is 8.90. The summed E-state index contributed by atoms with van der Waals surface area (Å²) in [6.45, 7) is 0. The summed E-state index contributed by atoms with van der Waals surface area (Å²) in [5.74, 6) is 0. The summed E-state index contributed by atoms with van der Waals surface area (Å²) in [5.41, 5.74) is 4.82. The van der Waals surface area contributed by atoms with E-state index in [4.69, 9.17) is 0 Å². The van der Waals surface area contributed by atoms with Crippen LogP contribution >= 0.6 is 11.8 Å². The molecule has 2 aliphatic carbocycles. The third kappa shape index (κ3) is 1.89. The van der Waals surface area contributed by atoms with Crippen molar-refractivity contribution in [3.8, 4) is 22.4 Å². The first-order valence-electron chi connectivity index (χ1n) is 5.87. The van der Waals surface area contributed by atoms with Gasteiger partial charge in [-0.25, -0.2) is 0 Å². The van der Waals surface area contributed by atoms with E-state index in [1.54, 1.807) is 11.8 Å². The summed E-state index contributed by atoms with van der Waals surface area (Å²) in [5, 5.41) is 0. The highest BCUT2D eigenvalue weighted by Crippen LogP contribution is 2.41. The van der Waals surface area contributed by atoms with Gasteiger partial charge in [0.1, 0.15) is 0 Å². The van der Waals surface area contributed by atoms with E-state index in [0.29, 0.717) is 0 Å². The lowest BCUT2D eigenvalue weighted by molar-refractivity contribution is 1.31. The topological polar surface area (TPSA) is 12.9 Å². The average Bonchev–Trinajstić information content (AvgIpc) is 2.62. The molecule has 0 aliphatic heterocycles. The summed E-state index contributed by atoms with van der Waals surface area (Å²) in [6, 6.07) is 18.8. The lowest BCUT2D eigenvalue weighted by atomic mass is 10.1. The molecule has 88 valence electrons. The molecule has 0 saturated carbocycles. The molecule has 0 spiro atoms. The van der Waals surface area contributed by atoms with Crippen molar-refractivity contribution in [2.24, 2.45) is 0 Å². The van der Waals surface area contributed by atoms with Gasteiger partial charge in [-0.15, -0.1) is 11.8 Å². The quantitative estimate of drug-likeness (QED) is 0.618. The molecule has 0 saturated heterocycles. The maximum absolute atomic E-state index is 4.49. The maximum Gasteiger partial charge on any atom is 0.0719 e. The lowest BCUT2D eigenvalue weighted by Crippen LogP contribution is -1.82. The van der Waals surface area contributed by atoms with Gasteiger partial charge in [-0.05, 0) is 35.6 Å². The third-order valence-corrected chi connectivity index (χ3v) is 3.78. The summed E-state index contributed by atoms with van der Waals surface area (Å²) in [7, 11) is 0. The molecule has 0 atom stereocenters. The van der Waals surface area contributed by atoms with E-state index in [1.807, 2.05) is 18.3 Å². The van der Waals surface area contributed by atoms with Crippen LogP contribution in [-0.2, 0) is 0 Å². The molecule has 0 radical (unpaired) electrons. The van der Waals surface area contributed by atoms with Crippen molar-refractivity contribution in [1.82, 2.24) is 4.98 Å². The molecule has 0 aromatic carbocycles. The smallest absolute Gasteiger partial charge is 0.0719 e. The summed E-state index contributed by atoms with van der Waals surface area (Å²) >= 11 is 1.77. The number of pyridine rings is 1. The van der Waals surface area contributed by atoms with Crippen LogP contribution in [0.3, 0.4) is 0 Å². The number of aromatic nitrogens is 1. The van der Waals surface area contributed by atoms with Crippen LogP contribution in [0.25, 0.3) is 22.4 Å². The Morgan fingerprint density at radius 1 is 0.944 bits per heavy atom. The normalized spacial score (nSPS) is 10.7. The fourth-order valence-corrected chi connectivity index (χ4v) is 2.86. The second-order valence-electron chi connectivity index (χ2n) is 4.08. The van der Waals surface area contributed by atoms with Crippen molar-refractivity contribution in [3.05, 3.63) is 60.8 Å². The van der Waals surface area contributed by atoms with Crippen LogP contribution in [0, 0.1) is 0 Å². The maximum atomic E-state index is 4.49. The van der Waals surface area contributed by atoms with Crippen molar-refractivity contribution < 1.29 is 0 Å². The Bertz CT molecular complexity index is 634. The molecule has 2 aliphatic rings. The van der Waals surface area contributed by atoms with Gasteiger partial charge in [0.2, 0.25) is 0 Å². The zero-order chi connectivity index (χ0) is 12.4. The van der Waals surface area contributed by atoms with Crippen LogP contribution in [0.1, 0.15) is 0 Å². The fourth-order valence-electron chi connectivity index (χ4n) is 2.20. The SMILES string of the molecule is CSc1cc2cccccc-2c1-c1ccccn1. The number of nitrogens with zero attached hydrogens (tertiary/aromatic N) is 1. The molecular weight excluding hydrogens is 238 g/mol. The van der Waals surface area contributed by atoms with Gasteiger partial charge in [0.25, 0.3) is 0 Å². The van der Waals surface area contributed by atoms with E-state index >= 15 is 0 Å². The van der Waals surface area contributed by atoms with Crippen LogP contribution < -0.4 is 0 Å². The standard InChI is InChI=1S/C16H13NS/c1-18-15-11-12-7-3-2-4-8-13(12)16(15)14-9-5-6-10-17-14/h2-11H,1H3. The van der Waals surface area contributed by atoms with Gasteiger partial charge in [0.05, 0.1) is 5.69 Å². The first kappa shape index (κ1) is 11.3. The molecule has 1 aromatic rings. The Kier molecular flexibility index (Phi) is 3.03. The molecule has 3 rings (SSSR count). The third-order valence-electron chi connectivity index (χ3n) is 3.02. The van der Waals surface area contributed by atoms with Crippen molar-refractivity contribution in [2.75, 3.05) is 6.26 Å². The lowest BCUT2D eigenvalue weighted by Gasteiger charge is -2.03. The minimum Gasteiger partial charge on any atom is -0.256 e. The molecule has 2 heteroatoms.